The number of nitrogens with one attached hydrogen (secondary N) is 1. The average Bonchev–Trinajstić information content (AvgIpc) is 1.81. The van der Waals surface area contributed by atoms with Crippen molar-refractivity contribution in [3.8, 4) is 0 Å². The van der Waals surface area contributed by atoms with E-state index in [0.29, 0.717) is 6.10 Å². The first-order chi connectivity index (χ1) is 4.83. The van der Waals surface area contributed by atoms with Crippen LogP contribution in [0, 0.1) is 11.5 Å². The second-order valence-electron chi connectivity index (χ2n) is 4.74. The molecule has 0 amide bonds. The van der Waals surface area contributed by atoms with Crippen molar-refractivity contribution in [3.63, 3.8) is 0 Å². The van der Waals surface area contributed by atoms with Crippen molar-refractivity contribution in [3.05, 3.63) is 6.10 Å². The predicted molar refractivity (Wildman–Crippen MR) is 45.7 cm³/mol. The van der Waals surface area contributed by atoms with Gasteiger partial charge in [-0.15, -0.1) is 0 Å². The molecular weight excluding hydrogens is 138 g/mol. The summed E-state index contributed by atoms with van der Waals surface area (Å²) in [5.41, 5.74) is 0.0229. The van der Waals surface area contributed by atoms with Crippen LogP contribution in [0.1, 0.15) is 34.1 Å². The van der Waals surface area contributed by atoms with Gasteiger partial charge < -0.3 is 10.4 Å². The standard InChI is InChI=1S/C9H18NO/c1-8(2)6-10-9(3,4)5-7(8)11/h10-11H,5-6H2,1-4H3. The summed E-state index contributed by atoms with van der Waals surface area (Å²) < 4.78 is 0. The van der Waals surface area contributed by atoms with Gasteiger partial charge in [0.05, 0.1) is 0 Å². The van der Waals surface area contributed by atoms with Crippen LogP contribution in [0.3, 0.4) is 0 Å². The SMILES string of the molecule is CC1(C)C[C](O)C(C)(C)CN1. The molecule has 1 heterocycles. The molecule has 1 aliphatic heterocycles. The quantitative estimate of drug-likeness (QED) is 0.559. The zero-order valence-electron chi connectivity index (χ0n) is 7.86. The van der Waals surface area contributed by atoms with Crippen molar-refractivity contribution in [2.75, 3.05) is 6.54 Å². The lowest BCUT2D eigenvalue weighted by Gasteiger charge is -2.43. The molecule has 1 fully saturated rings. The van der Waals surface area contributed by atoms with Gasteiger partial charge in [0.2, 0.25) is 0 Å². The first-order valence-electron chi connectivity index (χ1n) is 4.14. The normalized spacial score (nSPS) is 30.3. The molecule has 1 rings (SSSR count). The van der Waals surface area contributed by atoms with Crippen LogP contribution < -0.4 is 5.32 Å². The minimum absolute atomic E-state index is 0.0461. The highest BCUT2D eigenvalue weighted by Crippen LogP contribution is 2.36. The molecule has 65 valence electrons. The van der Waals surface area contributed by atoms with E-state index in [1.54, 1.807) is 0 Å². The summed E-state index contributed by atoms with van der Waals surface area (Å²) in [5.74, 6) is 0. The molecule has 0 aromatic heterocycles. The van der Waals surface area contributed by atoms with Crippen molar-refractivity contribution in [1.29, 1.82) is 0 Å². The molecule has 2 heteroatoms. The average molecular weight is 156 g/mol. The minimum atomic E-state index is -0.0461. The number of hydrogen-bond donors (Lipinski definition) is 2. The van der Waals surface area contributed by atoms with E-state index in [0.717, 1.165) is 13.0 Å². The van der Waals surface area contributed by atoms with Crippen LogP contribution >= 0.6 is 0 Å². The number of aliphatic hydroxyl groups is 1. The van der Waals surface area contributed by atoms with Crippen LogP contribution in [-0.2, 0) is 0 Å². The van der Waals surface area contributed by atoms with Crippen molar-refractivity contribution in [2.24, 2.45) is 5.41 Å². The van der Waals surface area contributed by atoms with Crippen molar-refractivity contribution in [1.82, 2.24) is 5.32 Å². The van der Waals surface area contributed by atoms with E-state index in [1.165, 1.54) is 0 Å². The monoisotopic (exact) mass is 156 g/mol. The molecule has 2 N–H and O–H groups in total. The van der Waals surface area contributed by atoms with Crippen LogP contribution in [0.5, 0.6) is 0 Å². The van der Waals surface area contributed by atoms with Gasteiger partial charge in [0.15, 0.2) is 0 Å². The lowest BCUT2D eigenvalue weighted by molar-refractivity contribution is 0.0800. The highest BCUT2D eigenvalue weighted by molar-refractivity contribution is 5.05. The molecule has 11 heavy (non-hydrogen) atoms. The molecule has 0 aromatic rings. The molecule has 0 spiro atoms. The van der Waals surface area contributed by atoms with Crippen LogP contribution in [0.2, 0.25) is 0 Å². The summed E-state index contributed by atoms with van der Waals surface area (Å²) in [6.45, 7) is 9.21. The first kappa shape index (κ1) is 9.01. The lowest BCUT2D eigenvalue weighted by atomic mass is 9.76. The summed E-state index contributed by atoms with van der Waals surface area (Å²) in [5, 5.41) is 13.0. The van der Waals surface area contributed by atoms with Crippen LogP contribution in [0.15, 0.2) is 0 Å². The third-order valence-electron chi connectivity index (χ3n) is 2.40. The molecule has 1 aliphatic rings. The molecule has 0 bridgehead atoms. The van der Waals surface area contributed by atoms with E-state index < -0.39 is 0 Å². The van der Waals surface area contributed by atoms with Gasteiger partial charge in [-0.2, -0.15) is 0 Å². The number of hydrogen-bond acceptors (Lipinski definition) is 2. The third kappa shape index (κ3) is 1.94. The first-order valence-corrected chi connectivity index (χ1v) is 4.14. The maximum atomic E-state index is 9.65. The smallest absolute Gasteiger partial charge is 0.102 e. The Balaban J connectivity index is 2.63. The fraction of sp³-hybridized carbons (Fsp3) is 0.889. The van der Waals surface area contributed by atoms with Crippen molar-refractivity contribution in [2.45, 2.75) is 39.7 Å². The van der Waals surface area contributed by atoms with E-state index in [1.807, 2.05) is 0 Å². The minimum Gasteiger partial charge on any atom is -0.386 e. The molecule has 0 atom stereocenters. The van der Waals surface area contributed by atoms with Gasteiger partial charge in [0.25, 0.3) is 0 Å². The molecule has 0 aliphatic carbocycles. The van der Waals surface area contributed by atoms with Gasteiger partial charge in [-0.25, -0.2) is 0 Å². The number of rotatable bonds is 0. The van der Waals surface area contributed by atoms with Crippen molar-refractivity contribution < 1.29 is 5.11 Å². The molecule has 0 saturated carbocycles. The van der Waals surface area contributed by atoms with Gasteiger partial charge in [0.1, 0.15) is 6.10 Å². The molecule has 1 saturated heterocycles. The Morgan fingerprint density at radius 2 is 1.82 bits per heavy atom. The Bertz CT molecular complexity index is 152. The Morgan fingerprint density at radius 1 is 1.27 bits per heavy atom. The Morgan fingerprint density at radius 3 is 2.18 bits per heavy atom. The van der Waals surface area contributed by atoms with Gasteiger partial charge in [0, 0.05) is 17.5 Å². The van der Waals surface area contributed by atoms with Gasteiger partial charge in [-0.1, -0.05) is 13.8 Å². The Kier molecular flexibility index (Phi) is 2.01. The van der Waals surface area contributed by atoms with E-state index in [-0.39, 0.29) is 11.0 Å². The number of aliphatic hydroxyl groups excluding tert-OH is 1. The maximum Gasteiger partial charge on any atom is 0.102 e. The summed E-state index contributed by atoms with van der Waals surface area (Å²) in [6, 6.07) is 0. The van der Waals surface area contributed by atoms with E-state index >= 15 is 0 Å². The molecule has 0 unspecified atom stereocenters. The molecule has 0 aromatic carbocycles. The molecule has 2 nitrogen and oxygen atoms in total. The highest BCUT2D eigenvalue weighted by atomic mass is 16.3. The highest BCUT2D eigenvalue weighted by Gasteiger charge is 2.39. The Labute approximate surface area is 69.0 Å². The summed E-state index contributed by atoms with van der Waals surface area (Å²) >= 11 is 0. The van der Waals surface area contributed by atoms with E-state index in [4.69, 9.17) is 0 Å². The topological polar surface area (TPSA) is 32.3 Å². The van der Waals surface area contributed by atoms with Gasteiger partial charge in [-0.05, 0) is 20.3 Å². The Hall–Kier alpha value is -0.0800. The molecular formula is C9H18NO. The number of piperidine rings is 1. The third-order valence-corrected chi connectivity index (χ3v) is 2.40. The van der Waals surface area contributed by atoms with Crippen LogP contribution in [0.25, 0.3) is 0 Å². The van der Waals surface area contributed by atoms with E-state index in [9.17, 15) is 5.11 Å². The largest absolute Gasteiger partial charge is 0.386 e. The van der Waals surface area contributed by atoms with Crippen LogP contribution in [0.4, 0.5) is 0 Å². The zero-order valence-corrected chi connectivity index (χ0v) is 7.86. The fourth-order valence-electron chi connectivity index (χ4n) is 1.28. The maximum absolute atomic E-state index is 9.65. The zero-order chi connectivity index (χ0) is 8.70. The summed E-state index contributed by atoms with van der Waals surface area (Å²) in [4.78, 5) is 0. The fourth-order valence-corrected chi connectivity index (χ4v) is 1.28. The molecule has 1 radical (unpaired) electrons. The predicted octanol–water partition coefficient (Wildman–Crippen LogP) is 1.69. The van der Waals surface area contributed by atoms with Crippen LogP contribution in [-0.4, -0.2) is 17.2 Å². The lowest BCUT2D eigenvalue weighted by Crippen LogP contribution is -2.53. The summed E-state index contributed by atoms with van der Waals surface area (Å²) in [7, 11) is 0. The van der Waals surface area contributed by atoms with Crippen molar-refractivity contribution >= 4 is 0 Å². The summed E-state index contributed by atoms with van der Waals surface area (Å²) in [6.07, 6.45) is 1.39. The van der Waals surface area contributed by atoms with Gasteiger partial charge >= 0.3 is 0 Å². The van der Waals surface area contributed by atoms with Gasteiger partial charge in [-0.3, -0.25) is 0 Å². The second kappa shape index (κ2) is 2.46. The second-order valence-corrected chi connectivity index (χ2v) is 4.74. The van der Waals surface area contributed by atoms with E-state index in [2.05, 4.69) is 33.0 Å².